The van der Waals surface area contributed by atoms with Gasteiger partial charge in [-0.2, -0.15) is 0 Å². The first kappa shape index (κ1) is 13.9. The zero-order valence-electron chi connectivity index (χ0n) is 12.1. The average molecular weight is 265 g/mol. The standard InChI is InChI=1S/C17H25Cl/c1-5-17(8-6-7-9-17)16(18)15-13(3)10-12(2)11-14(15)4/h10-11,16H,5-9H2,1-4H3. The predicted octanol–water partition coefficient (Wildman–Crippen LogP) is 5.86. The molecular formula is C17H25Cl. The lowest BCUT2D eigenvalue weighted by Gasteiger charge is -2.35. The minimum absolute atomic E-state index is 0.186. The van der Waals surface area contributed by atoms with E-state index >= 15 is 0 Å². The van der Waals surface area contributed by atoms with E-state index in [2.05, 4.69) is 39.8 Å². The van der Waals surface area contributed by atoms with Crippen LogP contribution in [0.5, 0.6) is 0 Å². The van der Waals surface area contributed by atoms with Gasteiger partial charge in [0.15, 0.2) is 0 Å². The molecule has 0 radical (unpaired) electrons. The maximum absolute atomic E-state index is 6.93. The van der Waals surface area contributed by atoms with E-state index in [9.17, 15) is 0 Å². The Morgan fingerprint density at radius 3 is 2.06 bits per heavy atom. The number of hydrogen-bond acceptors (Lipinski definition) is 0. The quantitative estimate of drug-likeness (QED) is 0.600. The van der Waals surface area contributed by atoms with Crippen molar-refractivity contribution in [3.8, 4) is 0 Å². The Morgan fingerprint density at radius 2 is 1.61 bits per heavy atom. The fourth-order valence-corrected chi connectivity index (χ4v) is 4.48. The van der Waals surface area contributed by atoms with Crippen molar-refractivity contribution in [1.82, 2.24) is 0 Å². The molecule has 0 aromatic heterocycles. The van der Waals surface area contributed by atoms with Crippen molar-refractivity contribution in [1.29, 1.82) is 0 Å². The van der Waals surface area contributed by atoms with Crippen molar-refractivity contribution in [3.63, 3.8) is 0 Å². The van der Waals surface area contributed by atoms with Crippen LogP contribution in [0.15, 0.2) is 12.1 Å². The molecule has 0 aliphatic heterocycles. The third-order valence-electron chi connectivity index (χ3n) is 4.83. The van der Waals surface area contributed by atoms with Crippen LogP contribution >= 0.6 is 11.6 Å². The van der Waals surface area contributed by atoms with Gasteiger partial charge in [0.1, 0.15) is 0 Å². The summed E-state index contributed by atoms with van der Waals surface area (Å²) < 4.78 is 0. The van der Waals surface area contributed by atoms with Crippen LogP contribution in [0.2, 0.25) is 0 Å². The van der Waals surface area contributed by atoms with Crippen molar-refractivity contribution in [3.05, 3.63) is 34.4 Å². The fourth-order valence-electron chi connectivity index (χ4n) is 3.76. The van der Waals surface area contributed by atoms with E-state index in [4.69, 9.17) is 11.6 Å². The molecule has 0 N–H and O–H groups in total. The second kappa shape index (κ2) is 5.25. The van der Waals surface area contributed by atoms with Crippen LogP contribution in [0.3, 0.4) is 0 Å². The predicted molar refractivity (Wildman–Crippen MR) is 80.4 cm³/mol. The lowest BCUT2D eigenvalue weighted by atomic mass is 9.75. The van der Waals surface area contributed by atoms with Crippen LogP contribution in [0, 0.1) is 26.2 Å². The first-order valence-electron chi connectivity index (χ1n) is 7.22. The molecule has 0 heterocycles. The van der Waals surface area contributed by atoms with E-state index in [0.717, 1.165) is 0 Å². The van der Waals surface area contributed by atoms with Crippen LogP contribution < -0.4 is 0 Å². The van der Waals surface area contributed by atoms with Gasteiger partial charge in [-0.05, 0) is 62.1 Å². The number of rotatable bonds is 3. The Kier molecular flexibility index (Phi) is 4.06. The number of hydrogen-bond donors (Lipinski definition) is 0. The second-order valence-corrected chi connectivity index (χ2v) is 6.53. The van der Waals surface area contributed by atoms with Gasteiger partial charge < -0.3 is 0 Å². The number of aryl methyl sites for hydroxylation is 3. The first-order chi connectivity index (χ1) is 8.50. The van der Waals surface area contributed by atoms with E-state index in [1.165, 1.54) is 54.4 Å². The third kappa shape index (κ3) is 2.32. The molecular weight excluding hydrogens is 240 g/mol. The summed E-state index contributed by atoms with van der Waals surface area (Å²) in [5, 5.41) is 0.186. The molecule has 0 bridgehead atoms. The molecule has 100 valence electrons. The lowest BCUT2D eigenvalue weighted by molar-refractivity contribution is 0.270. The monoisotopic (exact) mass is 264 g/mol. The number of halogens is 1. The highest BCUT2D eigenvalue weighted by Crippen LogP contribution is 2.54. The highest BCUT2D eigenvalue weighted by molar-refractivity contribution is 6.21. The van der Waals surface area contributed by atoms with E-state index in [1.54, 1.807) is 0 Å². The molecule has 0 amide bonds. The zero-order valence-corrected chi connectivity index (χ0v) is 12.9. The summed E-state index contributed by atoms with van der Waals surface area (Å²) in [6.45, 7) is 8.89. The Morgan fingerprint density at radius 1 is 1.11 bits per heavy atom. The molecule has 1 aliphatic rings. The molecule has 1 aliphatic carbocycles. The Labute approximate surface area is 117 Å². The lowest BCUT2D eigenvalue weighted by Crippen LogP contribution is -2.23. The van der Waals surface area contributed by atoms with Crippen molar-refractivity contribution in [2.45, 2.75) is 65.2 Å². The van der Waals surface area contributed by atoms with E-state index in [1.807, 2.05) is 0 Å². The largest absolute Gasteiger partial charge is 0.117 e. The average Bonchev–Trinajstić information content (AvgIpc) is 2.77. The number of benzene rings is 1. The van der Waals surface area contributed by atoms with Crippen LogP contribution in [-0.4, -0.2) is 0 Å². The molecule has 1 aromatic carbocycles. The van der Waals surface area contributed by atoms with Crippen molar-refractivity contribution < 1.29 is 0 Å². The minimum Gasteiger partial charge on any atom is -0.117 e. The summed E-state index contributed by atoms with van der Waals surface area (Å²) in [6.07, 6.45) is 6.49. The van der Waals surface area contributed by atoms with Crippen molar-refractivity contribution in [2.75, 3.05) is 0 Å². The topological polar surface area (TPSA) is 0 Å². The minimum atomic E-state index is 0.186. The van der Waals surface area contributed by atoms with Crippen molar-refractivity contribution in [2.24, 2.45) is 5.41 Å². The van der Waals surface area contributed by atoms with Crippen LogP contribution in [0.4, 0.5) is 0 Å². The first-order valence-corrected chi connectivity index (χ1v) is 7.65. The summed E-state index contributed by atoms with van der Waals surface area (Å²) in [5.74, 6) is 0. The summed E-state index contributed by atoms with van der Waals surface area (Å²) in [6, 6.07) is 4.55. The van der Waals surface area contributed by atoms with Gasteiger partial charge in [-0.3, -0.25) is 0 Å². The van der Waals surface area contributed by atoms with Crippen LogP contribution in [-0.2, 0) is 0 Å². The highest BCUT2D eigenvalue weighted by atomic mass is 35.5. The smallest absolute Gasteiger partial charge is 0.0646 e. The van der Waals surface area contributed by atoms with Gasteiger partial charge in [-0.15, -0.1) is 11.6 Å². The van der Waals surface area contributed by atoms with E-state index in [0.29, 0.717) is 5.41 Å². The molecule has 1 atom stereocenters. The van der Waals surface area contributed by atoms with Gasteiger partial charge in [-0.25, -0.2) is 0 Å². The SMILES string of the molecule is CCC1(C(Cl)c2c(C)cc(C)cc2C)CCCC1. The van der Waals surface area contributed by atoms with E-state index in [-0.39, 0.29) is 5.38 Å². The molecule has 0 saturated heterocycles. The molecule has 1 unspecified atom stereocenters. The summed E-state index contributed by atoms with van der Waals surface area (Å²) in [4.78, 5) is 0. The van der Waals surface area contributed by atoms with Crippen LogP contribution in [0.25, 0.3) is 0 Å². The number of alkyl halides is 1. The maximum atomic E-state index is 6.93. The Balaban J connectivity index is 2.42. The molecule has 2 rings (SSSR count). The Hall–Kier alpha value is -0.490. The zero-order chi connectivity index (χ0) is 13.3. The van der Waals surface area contributed by atoms with Gasteiger partial charge in [0.2, 0.25) is 0 Å². The van der Waals surface area contributed by atoms with Gasteiger partial charge in [0.05, 0.1) is 5.38 Å². The third-order valence-corrected chi connectivity index (χ3v) is 5.51. The normalized spacial score (nSPS) is 20.1. The second-order valence-electron chi connectivity index (χ2n) is 6.10. The summed E-state index contributed by atoms with van der Waals surface area (Å²) in [5.41, 5.74) is 5.81. The molecule has 1 saturated carbocycles. The molecule has 0 spiro atoms. The molecule has 0 nitrogen and oxygen atoms in total. The molecule has 1 fully saturated rings. The molecule has 1 heteroatoms. The van der Waals surface area contributed by atoms with Crippen molar-refractivity contribution >= 4 is 11.6 Å². The fraction of sp³-hybridized carbons (Fsp3) is 0.647. The van der Waals surface area contributed by atoms with Crippen LogP contribution in [0.1, 0.15) is 66.7 Å². The summed E-state index contributed by atoms with van der Waals surface area (Å²) >= 11 is 6.93. The van der Waals surface area contributed by atoms with Gasteiger partial charge >= 0.3 is 0 Å². The van der Waals surface area contributed by atoms with E-state index < -0.39 is 0 Å². The molecule has 1 aromatic rings. The van der Waals surface area contributed by atoms with Gasteiger partial charge in [0.25, 0.3) is 0 Å². The van der Waals surface area contributed by atoms with Gasteiger partial charge in [0, 0.05) is 0 Å². The molecule has 18 heavy (non-hydrogen) atoms. The van der Waals surface area contributed by atoms with Gasteiger partial charge in [-0.1, -0.05) is 37.5 Å². The summed E-state index contributed by atoms with van der Waals surface area (Å²) in [7, 11) is 0. The highest BCUT2D eigenvalue weighted by Gasteiger charge is 2.40. The maximum Gasteiger partial charge on any atom is 0.0646 e. The Bertz CT molecular complexity index is 404.